The second-order valence-corrected chi connectivity index (χ2v) is 23.6. The molecule has 7 rings (SSSR count). The first kappa shape index (κ1) is 32.2. The van der Waals surface area contributed by atoms with Crippen molar-refractivity contribution in [2.24, 2.45) is 0 Å². The molecule has 9 heteroatoms. The van der Waals surface area contributed by atoms with Crippen molar-refractivity contribution in [3.05, 3.63) is 136 Å². The summed E-state index contributed by atoms with van der Waals surface area (Å²) in [7, 11) is 1.39. The molecule has 242 valence electrons. The van der Waals surface area contributed by atoms with Crippen LogP contribution >= 0.6 is 0 Å². The molecule has 47 heavy (non-hydrogen) atoms. The number of rotatable bonds is 9. The summed E-state index contributed by atoms with van der Waals surface area (Å²) < 4.78 is 29.2. The number of carbonyl (C=O) groups excluding carboxylic acids is 1. The second kappa shape index (κ2) is 12.9. The standard InChI is InChI=1S/C20H24NO7.3C6H5.Sn/c1-19(2)27-16-18(28-19)26-15-14(22)10-9-13(17(23)24-3)20(15,16)21-25-11-12-7-5-4-6-8-12;3*1-2-4-6-5-3-1;/h4-8,14-16,18,21-22H,10-11H2,1-3H3;3*1-5H;/t14-,15-,16+,18-,20-;;;;/m1..../s1. The third-order valence-corrected chi connectivity index (χ3v) is 23.6. The van der Waals surface area contributed by atoms with Gasteiger partial charge in [0.25, 0.3) is 0 Å². The van der Waals surface area contributed by atoms with Crippen LogP contribution in [0.2, 0.25) is 0 Å². The van der Waals surface area contributed by atoms with E-state index in [-0.39, 0.29) is 13.0 Å². The van der Waals surface area contributed by atoms with Crippen LogP contribution in [-0.4, -0.2) is 72.5 Å². The fourth-order valence-electron chi connectivity index (χ4n) is 7.70. The zero-order valence-electron chi connectivity index (χ0n) is 26.7. The summed E-state index contributed by atoms with van der Waals surface area (Å²) in [6.07, 6.45) is -3.49. The molecular formula is C38H39NO7Sn. The molecule has 0 unspecified atom stereocenters. The molecule has 0 amide bonds. The number of benzene rings is 4. The Morgan fingerprint density at radius 2 is 1.32 bits per heavy atom. The van der Waals surface area contributed by atoms with Gasteiger partial charge in [0.05, 0.1) is 0 Å². The van der Waals surface area contributed by atoms with Gasteiger partial charge in [0, 0.05) is 0 Å². The number of hydroxylamine groups is 1. The van der Waals surface area contributed by atoms with Gasteiger partial charge < -0.3 is 0 Å². The SMILES string of the molecule is COC(=O)C1=[C]([Sn]([c]2ccccc2)([c]2ccccc2)[c]2ccccc2)C[C@@H](O)[C@H]2O[C@@H]3OC(C)(C)O[C@@H]3[C@@]12NOCc1ccccc1. The van der Waals surface area contributed by atoms with Crippen LogP contribution in [-0.2, 0) is 35.2 Å². The van der Waals surface area contributed by atoms with Crippen molar-refractivity contribution in [1.29, 1.82) is 0 Å². The Bertz CT molecular complexity index is 1640. The van der Waals surface area contributed by atoms with Gasteiger partial charge in [-0.2, -0.15) is 0 Å². The first-order valence-corrected chi connectivity index (χ1v) is 21.6. The Labute approximate surface area is 279 Å². The number of hydrogen-bond donors (Lipinski definition) is 2. The van der Waals surface area contributed by atoms with Crippen LogP contribution in [0.15, 0.2) is 130 Å². The van der Waals surface area contributed by atoms with Gasteiger partial charge in [0.2, 0.25) is 0 Å². The van der Waals surface area contributed by atoms with Gasteiger partial charge in [-0.05, 0) is 0 Å². The maximum atomic E-state index is 14.6. The Kier molecular flexibility index (Phi) is 8.86. The van der Waals surface area contributed by atoms with E-state index in [0.29, 0.717) is 5.57 Å². The molecule has 0 bridgehead atoms. The van der Waals surface area contributed by atoms with E-state index in [0.717, 1.165) is 19.9 Å². The molecule has 0 radical (unpaired) electrons. The van der Waals surface area contributed by atoms with Gasteiger partial charge in [0.15, 0.2) is 0 Å². The summed E-state index contributed by atoms with van der Waals surface area (Å²) >= 11 is -4.49. The molecule has 2 N–H and O–H groups in total. The minimum absolute atomic E-state index is 0.189. The molecule has 8 nitrogen and oxygen atoms in total. The number of methoxy groups -OCH3 is 1. The van der Waals surface area contributed by atoms with Gasteiger partial charge in [-0.25, -0.2) is 0 Å². The Morgan fingerprint density at radius 1 is 0.809 bits per heavy atom. The van der Waals surface area contributed by atoms with E-state index in [2.05, 4.69) is 41.9 Å². The monoisotopic (exact) mass is 741 g/mol. The maximum absolute atomic E-state index is 14.6. The summed E-state index contributed by atoms with van der Waals surface area (Å²) in [5.74, 6) is -1.55. The number of aliphatic hydroxyl groups is 1. The molecule has 1 aliphatic carbocycles. The molecule has 3 aliphatic rings. The molecular weight excluding hydrogens is 701 g/mol. The second-order valence-electron chi connectivity index (χ2n) is 12.7. The molecule has 2 heterocycles. The number of carbonyl (C=O) groups is 1. The molecule has 5 atom stereocenters. The first-order chi connectivity index (χ1) is 22.8. The number of aliphatic hydroxyl groups excluding tert-OH is 1. The van der Waals surface area contributed by atoms with Gasteiger partial charge in [-0.1, -0.05) is 0 Å². The Morgan fingerprint density at radius 3 is 1.83 bits per heavy atom. The van der Waals surface area contributed by atoms with E-state index >= 15 is 0 Å². The molecule has 0 spiro atoms. The van der Waals surface area contributed by atoms with Crippen LogP contribution in [0.3, 0.4) is 0 Å². The molecule has 2 aliphatic heterocycles. The van der Waals surface area contributed by atoms with Crippen LogP contribution in [0.5, 0.6) is 0 Å². The number of nitrogens with one attached hydrogen (secondary N) is 1. The normalized spacial score (nSPS) is 26.5. The van der Waals surface area contributed by atoms with Gasteiger partial charge >= 0.3 is 280 Å². The van der Waals surface area contributed by atoms with E-state index in [1.165, 1.54) is 7.11 Å². The van der Waals surface area contributed by atoms with Crippen LogP contribution in [0, 0.1) is 0 Å². The number of ether oxygens (including phenoxy) is 4. The van der Waals surface area contributed by atoms with E-state index in [4.69, 9.17) is 23.8 Å². The molecule has 2 fully saturated rings. The molecule has 0 saturated carbocycles. The van der Waals surface area contributed by atoms with Gasteiger partial charge in [-0.3, -0.25) is 0 Å². The minimum atomic E-state index is -4.49. The average molecular weight is 740 g/mol. The summed E-state index contributed by atoms with van der Waals surface area (Å²) in [5.41, 5.74) is 3.11. The van der Waals surface area contributed by atoms with Crippen molar-refractivity contribution >= 4 is 35.1 Å². The van der Waals surface area contributed by atoms with Crippen molar-refractivity contribution in [2.75, 3.05) is 7.11 Å². The Balaban J connectivity index is 1.55. The zero-order chi connectivity index (χ0) is 32.6. The van der Waals surface area contributed by atoms with Crippen LogP contribution in [0.1, 0.15) is 25.8 Å². The van der Waals surface area contributed by atoms with Crippen LogP contribution in [0.4, 0.5) is 0 Å². The first-order valence-electron chi connectivity index (χ1n) is 15.9. The predicted molar refractivity (Wildman–Crippen MR) is 179 cm³/mol. The topological polar surface area (TPSA) is 95.5 Å². The summed E-state index contributed by atoms with van der Waals surface area (Å²) in [4.78, 5) is 20.9. The zero-order valence-corrected chi connectivity index (χ0v) is 29.5. The van der Waals surface area contributed by atoms with Crippen molar-refractivity contribution in [3.63, 3.8) is 0 Å². The van der Waals surface area contributed by atoms with E-state index < -0.39 is 60.3 Å². The molecule has 4 aromatic carbocycles. The predicted octanol–water partition coefficient (Wildman–Crippen LogP) is 3.27. The third kappa shape index (κ3) is 5.46. The van der Waals surface area contributed by atoms with E-state index in [1.807, 2.05) is 98.8 Å². The fraction of sp³-hybridized carbons (Fsp3) is 0.289. The van der Waals surface area contributed by atoms with Crippen molar-refractivity contribution in [2.45, 2.75) is 62.8 Å². The third-order valence-electron chi connectivity index (χ3n) is 9.50. The average Bonchev–Trinajstić information content (AvgIpc) is 3.57. The summed E-state index contributed by atoms with van der Waals surface area (Å²) in [6.45, 7) is 3.82. The van der Waals surface area contributed by atoms with Gasteiger partial charge in [0.1, 0.15) is 0 Å². The Hall–Kier alpha value is -3.35. The van der Waals surface area contributed by atoms with E-state index in [9.17, 15) is 9.90 Å². The number of esters is 1. The number of fused-ring (bicyclic) bond motifs is 3. The van der Waals surface area contributed by atoms with Crippen LogP contribution < -0.4 is 16.2 Å². The van der Waals surface area contributed by atoms with Crippen molar-refractivity contribution in [1.82, 2.24) is 5.48 Å². The van der Waals surface area contributed by atoms with Crippen molar-refractivity contribution < 1.29 is 33.7 Å². The van der Waals surface area contributed by atoms with Crippen LogP contribution in [0.25, 0.3) is 0 Å². The van der Waals surface area contributed by atoms with E-state index in [1.54, 1.807) is 0 Å². The summed E-state index contributed by atoms with van der Waals surface area (Å²) in [6, 6.07) is 40.9. The molecule has 4 aromatic rings. The molecule has 0 aromatic heterocycles. The summed E-state index contributed by atoms with van der Waals surface area (Å²) in [5, 5.41) is 12.2. The molecule has 2 saturated heterocycles. The number of hydrogen-bond acceptors (Lipinski definition) is 8. The fourth-order valence-corrected chi connectivity index (χ4v) is 22.9. The van der Waals surface area contributed by atoms with Crippen molar-refractivity contribution in [3.8, 4) is 0 Å². The van der Waals surface area contributed by atoms with Gasteiger partial charge in [-0.15, -0.1) is 0 Å². The quantitative estimate of drug-likeness (QED) is 0.154.